The molecule has 3 aliphatic heterocycles. The normalized spacial score (nSPS) is 37.2. The predicted molar refractivity (Wildman–Crippen MR) is 115 cm³/mol. The Labute approximate surface area is 185 Å². The summed E-state index contributed by atoms with van der Waals surface area (Å²) in [5.41, 5.74) is 12.0. The minimum absolute atomic E-state index is 0.160. The van der Waals surface area contributed by atoms with Crippen molar-refractivity contribution in [1.82, 2.24) is 19.4 Å². The second-order valence-corrected chi connectivity index (χ2v) is 8.39. The van der Waals surface area contributed by atoms with Gasteiger partial charge in [-0.2, -0.15) is 14.5 Å². The van der Waals surface area contributed by atoms with Gasteiger partial charge in [-0.05, 0) is 25.9 Å². The van der Waals surface area contributed by atoms with Crippen molar-refractivity contribution in [3.8, 4) is 0 Å². The van der Waals surface area contributed by atoms with Crippen LogP contribution in [0, 0.1) is 0 Å². The van der Waals surface area contributed by atoms with Crippen molar-refractivity contribution in [3.05, 3.63) is 6.33 Å². The summed E-state index contributed by atoms with van der Waals surface area (Å²) >= 11 is 0. The van der Waals surface area contributed by atoms with E-state index in [9.17, 15) is 20.4 Å². The molecule has 0 aromatic carbocycles. The van der Waals surface area contributed by atoms with Crippen LogP contribution < -0.4 is 16.0 Å². The molecular formula is C19H32N7O6+. The predicted octanol–water partition coefficient (Wildman–Crippen LogP) is -2.76. The van der Waals surface area contributed by atoms with Crippen LogP contribution in [0.4, 0.5) is 17.3 Å². The Morgan fingerprint density at radius 2 is 1.91 bits per heavy atom. The number of nitrogen functional groups attached to an aromatic ring is 1. The van der Waals surface area contributed by atoms with Crippen molar-refractivity contribution < 1.29 is 29.9 Å². The Hall–Kier alpha value is -1.81. The van der Waals surface area contributed by atoms with Crippen LogP contribution in [0.2, 0.25) is 0 Å². The first kappa shape index (κ1) is 23.4. The zero-order chi connectivity index (χ0) is 22.9. The molecule has 3 unspecified atom stereocenters. The van der Waals surface area contributed by atoms with E-state index in [1.807, 2.05) is 0 Å². The van der Waals surface area contributed by atoms with Crippen LogP contribution in [0.25, 0.3) is 0 Å². The van der Waals surface area contributed by atoms with E-state index in [0.29, 0.717) is 31.1 Å². The molecule has 178 valence electrons. The fraction of sp³-hybridized carbons (Fsp3) is 0.737. The van der Waals surface area contributed by atoms with E-state index < -0.39 is 43.5 Å². The van der Waals surface area contributed by atoms with E-state index >= 15 is 0 Å². The lowest BCUT2D eigenvalue weighted by Gasteiger charge is -2.46. The molecule has 0 bridgehead atoms. The van der Waals surface area contributed by atoms with Crippen LogP contribution >= 0.6 is 0 Å². The molecule has 4 rings (SSSR count). The molecule has 2 saturated heterocycles. The minimum Gasteiger partial charge on any atom is -0.394 e. The number of nitrogens with zero attached hydrogens (tertiary/aromatic N) is 5. The third-order valence-electron chi connectivity index (χ3n) is 6.35. The second kappa shape index (κ2) is 9.59. The average molecular weight is 455 g/mol. The molecular weight excluding hydrogens is 422 g/mol. The van der Waals surface area contributed by atoms with Gasteiger partial charge in [0.2, 0.25) is 18.8 Å². The van der Waals surface area contributed by atoms with E-state index in [0.717, 1.165) is 19.4 Å². The summed E-state index contributed by atoms with van der Waals surface area (Å²) in [5, 5.41) is 40.9. The molecule has 13 heteroatoms. The van der Waals surface area contributed by atoms with Gasteiger partial charge in [0.15, 0.2) is 17.6 Å². The number of fused-ring (bicyclic) bond motifs is 1. The molecule has 0 radical (unpaired) electrons. The van der Waals surface area contributed by atoms with Crippen LogP contribution in [-0.4, -0.2) is 118 Å². The van der Waals surface area contributed by atoms with Crippen molar-refractivity contribution in [2.75, 3.05) is 45.1 Å². The van der Waals surface area contributed by atoms with Crippen LogP contribution in [0.5, 0.6) is 0 Å². The van der Waals surface area contributed by atoms with Crippen LogP contribution in [-0.2, 0) is 9.47 Å². The van der Waals surface area contributed by atoms with Gasteiger partial charge in [-0.15, -0.1) is 0 Å². The van der Waals surface area contributed by atoms with Crippen molar-refractivity contribution in [2.24, 2.45) is 10.7 Å². The molecule has 1 aromatic rings. The van der Waals surface area contributed by atoms with Gasteiger partial charge >= 0.3 is 0 Å². The molecule has 7 atom stereocenters. The topological polar surface area (TPSA) is 193 Å². The van der Waals surface area contributed by atoms with Gasteiger partial charge in [0, 0.05) is 6.54 Å². The quantitative estimate of drug-likeness (QED) is 0.176. The number of quaternary nitrogens is 1. The largest absolute Gasteiger partial charge is 0.394 e. The number of aromatic nitrogens is 2. The standard InChI is InChI=1S/C19H32N7O6/c20-3-1-2-4-25-5-11(7-27)31-13(6-25)26(19-16(30)15(29)12(8-28)32-19)10-24-14-17(21)22-9-23-18(14)26/h9-13,15-16,19,27-30H,1-8,20H2,(H2,21,22,23)/q+1/t11?,12-,13?,15-,16-,19-,26?/m1/s1. The average Bonchev–Trinajstić information content (AvgIpc) is 3.33. The van der Waals surface area contributed by atoms with Gasteiger partial charge in [-0.1, -0.05) is 0 Å². The maximum absolute atomic E-state index is 10.9. The van der Waals surface area contributed by atoms with E-state index in [1.54, 1.807) is 0 Å². The third-order valence-corrected chi connectivity index (χ3v) is 6.35. The highest BCUT2D eigenvalue weighted by molar-refractivity contribution is 5.91. The smallest absolute Gasteiger partial charge is 0.269 e. The van der Waals surface area contributed by atoms with Crippen molar-refractivity contribution in [3.63, 3.8) is 0 Å². The number of ether oxygens (including phenoxy) is 2. The summed E-state index contributed by atoms with van der Waals surface area (Å²) in [6.45, 7) is 1.62. The van der Waals surface area contributed by atoms with E-state index in [-0.39, 0.29) is 16.9 Å². The van der Waals surface area contributed by atoms with Gasteiger partial charge in [0.05, 0.1) is 25.9 Å². The molecule has 0 saturated carbocycles. The monoisotopic (exact) mass is 454 g/mol. The first-order valence-electron chi connectivity index (χ1n) is 10.8. The first-order chi connectivity index (χ1) is 15.5. The SMILES string of the molecule is NCCCCN1CC(CO)OC([N+]2([C@@H]3O[C@H](CO)[C@@H](O)[C@H]3O)C=Nc3c(N)ncnc32)C1. The molecule has 0 aliphatic carbocycles. The van der Waals surface area contributed by atoms with Gasteiger partial charge in [-0.3, -0.25) is 4.90 Å². The summed E-state index contributed by atoms with van der Waals surface area (Å²) in [5.74, 6) is 0.519. The van der Waals surface area contributed by atoms with Gasteiger partial charge in [-0.25, -0.2) is 4.98 Å². The fourth-order valence-electron chi connectivity index (χ4n) is 4.68. The number of unbranched alkanes of at least 4 members (excludes halogenated alkanes) is 1. The molecule has 32 heavy (non-hydrogen) atoms. The number of hydrogen-bond donors (Lipinski definition) is 6. The number of rotatable bonds is 8. The van der Waals surface area contributed by atoms with E-state index in [1.165, 1.54) is 12.7 Å². The van der Waals surface area contributed by atoms with Crippen molar-refractivity contribution in [2.45, 2.75) is 49.7 Å². The molecule has 0 spiro atoms. The fourth-order valence-corrected chi connectivity index (χ4v) is 4.68. The first-order valence-corrected chi connectivity index (χ1v) is 10.8. The number of aliphatic hydroxyl groups is 4. The Bertz CT molecular complexity index is 831. The van der Waals surface area contributed by atoms with Gasteiger partial charge in [0.25, 0.3) is 5.82 Å². The zero-order valence-electron chi connectivity index (χ0n) is 17.8. The summed E-state index contributed by atoms with van der Waals surface area (Å²) in [7, 11) is 0. The number of nitrogens with two attached hydrogens (primary N) is 2. The molecule has 0 amide bonds. The van der Waals surface area contributed by atoms with E-state index in [2.05, 4.69) is 19.9 Å². The Morgan fingerprint density at radius 3 is 2.59 bits per heavy atom. The van der Waals surface area contributed by atoms with Gasteiger partial charge in [0.1, 0.15) is 18.5 Å². The Morgan fingerprint density at radius 1 is 1.09 bits per heavy atom. The third kappa shape index (κ3) is 3.89. The molecule has 4 heterocycles. The highest BCUT2D eigenvalue weighted by atomic mass is 16.6. The number of aliphatic imine (C=N–C) groups is 1. The molecule has 13 nitrogen and oxygen atoms in total. The lowest BCUT2D eigenvalue weighted by atomic mass is 10.1. The van der Waals surface area contributed by atoms with Gasteiger partial charge < -0.3 is 41.4 Å². The second-order valence-electron chi connectivity index (χ2n) is 8.39. The highest BCUT2D eigenvalue weighted by Crippen LogP contribution is 2.46. The lowest BCUT2D eigenvalue weighted by molar-refractivity contribution is -0.186. The van der Waals surface area contributed by atoms with Crippen molar-refractivity contribution in [1.29, 1.82) is 0 Å². The van der Waals surface area contributed by atoms with E-state index in [4.69, 9.17) is 20.9 Å². The molecule has 3 aliphatic rings. The van der Waals surface area contributed by atoms with Crippen LogP contribution in [0.3, 0.4) is 0 Å². The Balaban J connectivity index is 1.74. The Kier molecular flexibility index (Phi) is 7.00. The number of hydrogen-bond acceptors (Lipinski definition) is 12. The maximum Gasteiger partial charge on any atom is 0.269 e. The summed E-state index contributed by atoms with van der Waals surface area (Å²) in [6.07, 6.45) is -1.34. The number of aliphatic hydroxyl groups excluding tert-OH is 4. The van der Waals surface area contributed by atoms with Crippen molar-refractivity contribution >= 4 is 23.7 Å². The molecule has 1 aromatic heterocycles. The van der Waals surface area contributed by atoms with Crippen LogP contribution in [0.15, 0.2) is 11.3 Å². The summed E-state index contributed by atoms with van der Waals surface area (Å²) < 4.78 is 11.9. The van der Waals surface area contributed by atoms with Crippen LogP contribution in [0.1, 0.15) is 12.8 Å². The zero-order valence-corrected chi connectivity index (χ0v) is 17.8. The summed E-state index contributed by atoms with van der Waals surface area (Å²) in [4.78, 5) is 15.0. The highest BCUT2D eigenvalue weighted by Gasteiger charge is 2.62. The number of anilines is 1. The lowest BCUT2D eigenvalue weighted by Crippen LogP contribution is -2.71. The molecule has 2 fully saturated rings. The summed E-state index contributed by atoms with van der Waals surface area (Å²) in [6, 6.07) is 0. The molecule has 8 N–H and O–H groups in total. The minimum atomic E-state index is -1.36. The number of morpholine rings is 1. The maximum atomic E-state index is 10.9.